The van der Waals surface area contributed by atoms with Gasteiger partial charge in [-0.25, -0.2) is 0 Å². The van der Waals surface area contributed by atoms with Crippen LogP contribution in [-0.4, -0.2) is 13.1 Å². The number of ether oxygens (including phenoxy) is 1. The van der Waals surface area contributed by atoms with Crippen LogP contribution in [0.4, 0.5) is 0 Å². The first-order valence-electron chi connectivity index (χ1n) is 4.52. The van der Waals surface area contributed by atoms with Crippen molar-refractivity contribution in [1.82, 2.24) is 0 Å². The van der Waals surface area contributed by atoms with Gasteiger partial charge in [-0.3, -0.25) is 4.79 Å². The Morgan fingerprint density at radius 2 is 1.86 bits per heavy atom. The minimum Gasteiger partial charge on any atom is -0.464 e. The Balaban J connectivity index is 2.66. The molecule has 1 rings (SSSR count). The third kappa shape index (κ3) is 3.44. The average molecular weight is 190 g/mol. The van der Waals surface area contributed by atoms with Crippen LogP contribution in [0.3, 0.4) is 0 Å². The van der Waals surface area contributed by atoms with Crippen molar-refractivity contribution < 1.29 is 9.53 Å². The summed E-state index contributed by atoms with van der Waals surface area (Å²) in [5, 5.41) is 0. The Morgan fingerprint density at radius 3 is 2.43 bits per heavy atom. The Kier molecular flexibility index (Phi) is 3.92. The summed E-state index contributed by atoms with van der Waals surface area (Å²) in [5.41, 5.74) is 3.61. The third-order valence-electron chi connectivity index (χ3n) is 1.81. The first-order valence-corrected chi connectivity index (χ1v) is 4.52. The number of hydrogen-bond acceptors (Lipinski definition) is 2. The zero-order valence-electron chi connectivity index (χ0n) is 8.49. The maximum atomic E-state index is 9.87. The summed E-state index contributed by atoms with van der Waals surface area (Å²) in [6.45, 7) is 4.90. The van der Waals surface area contributed by atoms with Crippen molar-refractivity contribution in [1.29, 1.82) is 0 Å². The Bertz CT molecular complexity index is 320. The van der Waals surface area contributed by atoms with E-state index in [9.17, 15) is 4.79 Å². The molecule has 0 spiro atoms. The van der Waals surface area contributed by atoms with Gasteiger partial charge in [-0.15, -0.1) is 0 Å². The lowest BCUT2D eigenvalue weighted by Gasteiger charge is -1.99. The van der Waals surface area contributed by atoms with E-state index >= 15 is 0 Å². The van der Waals surface area contributed by atoms with Crippen molar-refractivity contribution in [3.05, 3.63) is 41.0 Å². The second-order valence-electron chi connectivity index (χ2n) is 3.25. The predicted octanol–water partition coefficient (Wildman–Crippen LogP) is 2.49. The number of benzene rings is 1. The predicted molar refractivity (Wildman–Crippen MR) is 57.0 cm³/mol. The molecule has 0 atom stereocenters. The molecule has 0 radical (unpaired) electrons. The molecule has 14 heavy (non-hydrogen) atoms. The highest BCUT2D eigenvalue weighted by Crippen LogP contribution is 2.10. The average Bonchev–Trinajstić information content (AvgIpc) is 2.11. The molecule has 0 heterocycles. The van der Waals surface area contributed by atoms with Crippen LogP contribution < -0.4 is 0 Å². The topological polar surface area (TPSA) is 26.3 Å². The van der Waals surface area contributed by atoms with Crippen LogP contribution in [0.25, 0.3) is 6.08 Å². The molecular weight excluding hydrogens is 176 g/mol. The lowest BCUT2D eigenvalue weighted by molar-refractivity contribution is -0.127. The molecule has 2 nitrogen and oxygen atoms in total. The Labute approximate surface area is 84.2 Å². The van der Waals surface area contributed by atoms with E-state index in [4.69, 9.17) is 0 Å². The first-order chi connectivity index (χ1) is 6.72. The molecule has 0 saturated carbocycles. The second kappa shape index (κ2) is 5.22. The third-order valence-corrected chi connectivity index (χ3v) is 1.81. The van der Waals surface area contributed by atoms with Gasteiger partial charge in [-0.2, -0.15) is 0 Å². The SMILES string of the molecule is Cc1cc(C)cc(C=CCOC=O)c1. The fraction of sp³-hybridized carbons (Fsp3) is 0.250. The standard InChI is InChI=1S/C12H14O2/c1-10-6-11(2)8-12(7-10)4-3-5-14-9-13/h3-4,6-9H,5H2,1-2H3. The van der Waals surface area contributed by atoms with Gasteiger partial charge in [0.1, 0.15) is 6.61 Å². The maximum absolute atomic E-state index is 9.87. The van der Waals surface area contributed by atoms with Crippen LogP contribution in [0.15, 0.2) is 24.3 Å². The van der Waals surface area contributed by atoms with E-state index in [-0.39, 0.29) is 0 Å². The van der Waals surface area contributed by atoms with Gasteiger partial charge < -0.3 is 4.74 Å². The minimum atomic E-state index is 0.330. The molecule has 2 heteroatoms. The summed E-state index contributed by atoms with van der Waals surface area (Å²) >= 11 is 0. The van der Waals surface area contributed by atoms with E-state index in [2.05, 4.69) is 36.8 Å². The van der Waals surface area contributed by atoms with Crippen LogP contribution in [0.2, 0.25) is 0 Å². The van der Waals surface area contributed by atoms with Crippen LogP contribution in [0.5, 0.6) is 0 Å². The summed E-state index contributed by atoms with van der Waals surface area (Å²) in [5.74, 6) is 0. The molecule has 0 N–H and O–H groups in total. The van der Waals surface area contributed by atoms with Gasteiger partial charge in [0.05, 0.1) is 0 Å². The lowest BCUT2D eigenvalue weighted by atomic mass is 10.1. The number of carbonyl (C=O) groups excluding carboxylic acids is 1. The fourth-order valence-electron chi connectivity index (χ4n) is 1.39. The zero-order valence-corrected chi connectivity index (χ0v) is 8.49. The highest BCUT2D eigenvalue weighted by Gasteiger charge is 1.91. The van der Waals surface area contributed by atoms with E-state index in [0.29, 0.717) is 13.1 Å². The number of carbonyl (C=O) groups is 1. The summed E-state index contributed by atoms with van der Waals surface area (Å²) < 4.78 is 4.55. The van der Waals surface area contributed by atoms with Crippen molar-refractivity contribution in [3.8, 4) is 0 Å². The molecule has 0 aliphatic carbocycles. The summed E-state index contributed by atoms with van der Waals surface area (Å²) in [4.78, 5) is 9.87. The molecule has 0 aliphatic heterocycles. The molecule has 74 valence electrons. The molecule has 0 aromatic heterocycles. The van der Waals surface area contributed by atoms with Crippen LogP contribution >= 0.6 is 0 Å². The molecule has 0 fully saturated rings. The van der Waals surface area contributed by atoms with Gasteiger partial charge in [0.15, 0.2) is 0 Å². The van der Waals surface area contributed by atoms with Crippen molar-refractivity contribution in [3.63, 3.8) is 0 Å². The maximum Gasteiger partial charge on any atom is 0.293 e. The lowest BCUT2D eigenvalue weighted by Crippen LogP contribution is -1.86. The Morgan fingerprint density at radius 1 is 1.21 bits per heavy atom. The summed E-state index contributed by atoms with van der Waals surface area (Å²) in [6, 6.07) is 6.30. The van der Waals surface area contributed by atoms with Gasteiger partial charge in [-0.05, 0) is 25.5 Å². The monoisotopic (exact) mass is 190 g/mol. The number of rotatable bonds is 4. The molecule has 0 unspecified atom stereocenters. The van der Waals surface area contributed by atoms with Crippen LogP contribution in [0.1, 0.15) is 16.7 Å². The summed E-state index contributed by atoms with van der Waals surface area (Å²) in [6.07, 6.45) is 3.77. The van der Waals surface area contributed by atoms with Crippen LogP contribution in [-0.2, 0) is 9.53 Å². The molecule has 0 saturated heterocycles. The smallest absolute Gasteiger partial charge is 0.293 e. The minimum absolute atomic E-state index is 0.330. The van der Waals surface area contributed by atoms with Crippen molar-refractivity contribution in [2.45, 2.75) is 13.8 Å². The van der Waals surface area contributed by atoms with Crippen LogP contribution in [0, 0.1) is 13.8 Å². The van der Waals surface area contributed by atoms with E-state index in [1.165, 1.54) is 11.1 Å². The molecule has 0 bridgehead atoms. The number of hydrogen-bond donors (Lipinski definition) is 0. The van der Waals surface area contributed by atoms with E-state index < -0.39 is 0 Å². The first kappa shape index (κ1) is 10.5. The quantitative estimate of drug-likeness (QED) is 0.538. The molecule has 1 aromatic rings. The summed E-state index contributed by atoms with van der Waals surface area (Å²) in [7, 11) is 0. The van der Waals surface area contributed by atoms with Gasteiger partial charge in [0.2, 0.25) is 0 Å². The van der Waals surface area contributed by atoms with E-state index in [1.807, 2.05) is 12.2 Å². The van der Waals surface area contributed by atoms with Gasteiger partial charge >= 0.3 is 0 Å². The van der Waals surface area contributed by atoms with Gasteiger partial charge in [0, 0.05) is 0 Å². The van der Waals surface area contributed by atoms with Gasteiger partial charge in [-0.1, -0.05) is 35.4 Å². The molecule has 0 amide bonds. The highest BCUT2D eigenvalue weighted by molar-refractivity contribution is 5.52. The zero-order chi connectivity index (χ0) is 10.4. The van der Waals surface area contributed by atoms with Crippen molar-refractivity contribution in [2.75, 3.05) is 6.61 Å². The Hall–Kier alpha value is -1.57. The fourth-order valence-corrected chi connectivity index (χ4v) is 1.39. The number of aryl methyl sites for hydroxylation is 2. The van der Waals surface area contributed by atoms with E-state index in [0.717, 1.165) is 5.56 Å². The largest absolute Gasteiger partial charge is 0.464 e. The molecule has 1 aromatic carbocycles. The second-order valence-corrected chi connectivity index (χ2v) is 3.25. The van der Waals surface area contributed by atoms with Gasteiger partial charge in [0.25, 0.3) is 6.47 Å². The van der Waals surface area contributed by atoms with Crippen molar-refractivity contribution >= 4 is 12.5 Å². The van der Waals surface area contributed by atoms with Crippen molar-refractivity contribution in [2.24, 2.45) is 0 Å². The molecular formula is C12H14O2. The highest BCUT2D eigenvalue weighted by atomic mass is 16.5. The van der Waals surface area contributed by atoms with E-state index in [1.54, 1.807) is 0 Å². The molecule has 0 aliphatic rings. The normalized spacial score (nSPS) is 10.4.